The van der Waals surface area contributed by atoms with E-state index in [9.17, 15) is 4.79 Å². The second-order valence-corrected chi connectivity index (χ2v) is 5.93. The van der Waals surface area contributed by atoms with Crippen LogP contribution in [0.3, 0.4) is 0 Å². The maximum atomic E-state index is 12.2. The number of nitrogens with one attached hydrogen (secondary N) is 2. The lowest BCUT2D eigenvalue weighted by molar-refractivity contribution is 0.231. The maximum Gasteiger partial charge on any atom is 0.315 e. The van der Waals surface area contributed by atoms with E-state index in [4.69, 9.17) is 0 Å². The number of carbonyl (C=O) groups is 1. The van der Waals surface area contributed by atoms with Gasteiger partial charge in [-0.05, 0) is 38.0 Å². The molecule has 0 radical (unpaired) electrons. The van der Waals surface area contributed by atoms with Crippen LogP contribution >= 0.6 is 0 Å². The van der Waals surface area contributed by atoms with Crippen LogP contribution in [0.1, 0.15) is 31.5 Å². The normalized spacial score (nSPS) is 18.7. The summed E-state index contributed by atoms with van der Waals surface area (Å²) in [5.74, 6) is 0.714. The van der Waals surface area contributed by atoms with E-state index < -0.39 is 0 Å². The minimum atomic E-state index is -0.172. The second-order valence-electron chi connectivity index (χ2n) is 5.93. The quantitative estimate of drug-likeness (QED) is 0.896. The fourth-order valence-electron chi connectivity index (χ4n) is 2.86. The third kappa shape index (κ3) is 4.18. The second kappa shape index (κ2) is 7.72. The number of aromatic nitrogens is 3. The number of hydrogen-bond acceptors (Lipinski definition) is 5. The highest BCUT2D eigenvalue weighted by molar-refractivity contribution is 5.74. The molecule has 1 aliphatic rings. The zero-order valence-electron chi connectivity index (χ0n) is 13.7. The van der Waals surface area contributed by atoms with Gasteiger partial charge in [0.2, 0.25) is 5.95 Å². The zero-order chi connectivity index (χ0) is 16.8. The zero-order valence-corrected chi connectivity index (χ0v) is 13.7. The summed E-state index contributed by atoms with van der Waals surface area (Å²) in [6, 6.07) is 7.25. The van der Waals surface area contributed by atoms with Gasteiger partial charge in [-0.3, -0.25) is 4.98 Å². The Kier molecular flexibility index (Phi) is 5.20. The molecule has 2 aromatic rings. The number of urea groups is 1. The average Bonchev–Trinajstić information content (AvgIpc) is 2.63. The molecule has 0 aliphatic carbocycles. The van der Waals surface area contributed by atoms with Crippen LogP contribution in [0, 0.1) is 0 Å². The molecule has 2 amide bonds. The topological polar surface area (TPSA) is 83.0 Å². The lowest BCUT2D eigenvalue weighted by Crippen LogP contribution is -2.51. The van der Waals surface area contributed by atoms with E-state index >= 15 is 0 Å². The van der Waals surface area contributed by atoms with Crippen molar-refractivity contribution in [2.24, 2.45) is 0 Å². The van der Waals surface area contributed by atoms with E-state index in [-0.39, 0.29) is 18.1 Å². The van der Waals surface area contributed by atoms with Crippen molar-refractivity contribution in [3.8, 4) is 0 Å². The summed E-state index contributed by atoms with van der Waals surface area (Å²) < 4.78 is 0. The van der Waals surface area contributed by atoms with Gasteiger partial charge in [-0.25, -0.2) is 14.8 Å². The molecule has 0 spiro atoms. The lowest BCUT2D eigenvalue weighted by atomic mass is 10.1. The summed E-state index contributed by atoms with van der Waals surface area (Å²) in [6.45, 7) is 3.55. The fourth-order valence-corrected chi connectivity index (χ4v) is 2.86. The van der Waals surface area contributed by atoms with Crippen LogP contribution in [-0.4, -0.2) is 40.1 Å². The van der Waals surface area contributed by atoms with Crippen LogP contribution in [0.15, 0.2) is 42.9 Å². The first-order chi connectivity index (χ1) is 11.7. The molecule has 7 nitrogen and oxygen atoms in total. The van der Waals surface area contributed by atoms with Crippen LogP contribution in [-0.2, 0) is 0 Å². The molecule has 0 aromatic carbocycles. The van der Waals surface area contributed by atoms with Crippen LogP contribution in [0.2, 0.25) is 0 Å². The standard InChI is InChI=1S/C17H22N6O/c1-13(15-7-2-3-8-18-15)21-17(24)22-14-6-4-11-23(12-14)16-19-9-5-10-20-16/h2-3,5,7-10,13-14H,4,6,11-12H2,1H3,(H2,21,22,24)/t13-,14+/m0/s1. The van der Waals surface area contributed by atoms with Gasteiger partial charge < -0.3 is 15.5 Å². The third-order valence-electron chi connectivity index (χ3n) is 4.07. The van der Waals surface area contributed by atoms with Gasteiger partial charge in [0.15, 0.2) is 0 Å². The molecule has 1 fully saturated rings. The van der Waals surface area contributed by atoms with E-state index in [0.29, 0.717) is 5.95 Å². The Bertz CT molecular complexity index is 651. The molecule has 3 heterocycles. The monoisotopic (exact) mass is 326 g/mol. The smallest absolute Gasteiger partial charge is 0.315 e. The van der Waals surface area contributed by atoms with Crippen molar-refractivity contribution >= 4 is 12.0 Å². The van der Waals surface area contributed by atoms with Crippen molar-refractivity contribution in [2.45, 2.75) is 31.8 Å². The Morgan fingerprint density at radius 3 is 2.75 bits per heavy atom. The predicted molar refractivity (Wildman–Crippen MR) is 91.6 cm³/mol. The van der Waals surface area contributed by atoms with Crippen molar-refractivity contribution in [1.29, 1.82) is 0 Å². The van der Waals surface area contributed by atoms with Crippen LogP contribution in [0.4, 0.5) is 10.7 Å². The number of carbonyl (C=O) groups excluding carboxylic acids is 1. The van der Waals surface area contributed by atoms with Crippen LogP contribution < -0.4 is 15.5 Å². The van der Waals surface area contributed by atoms with E-state index in [1.165, 1.54) is 0 Å². The number of amides is 2. The summed E-state index contributed by atoms with van der Waals surface area (Å²) in [4.78, 5) is 27.2. The Labute approximate surface area is 141 Å². The number of rotatable bonds is 4. The van der Waals surface area contributed by atoms with E-state index in [0.717, 1.165) is 31.6 Å². The summed E-state index contributed by atoms with van der Waals surface area (Å²) in [7, 11) is 0. The van der Waals surface area contributed by atoms with Gasteiger partial charge in [0.25, 0.3) is 0 Å². The largest absolute Gasteiger partial charge is 0.339 e. The van der Waals surface area contributed by atoms with Gasteiger partial charge >= 0.3 is 6.03 Å². The van der Waals surface area contributed by atoms with Crippen LogP contribution in [0.25, 0.3) is 0 Å². The molecule has 2 aromatic heterocycles. The summed E-state index contributed by atoms with van der Waals surface area (Å²) in [5, 5.41) is 5.98. The number of pyridine rings is 1. The molecule has 126 valence electrons. The molecule has 0 unspecified atom stereocenters. The molecule has 1 aliphatic heterocycles. The van der Waals surface area contributed by atoms with Crippen LogP contribution in [0.5, 0.6) is 0 Å². The number of anilines is 1. The third-order valence-corrected chi connectivity index (χ3v) is 4.07. The highest BCUT2D eigenvalue weighted by Crippen LogP contribution is 2.15. The molecule has 2 atom stereocenters. The minimum absolute atomic E-state index is 0.0819. The Morgan fingerprint density at radius 2 is 2.00 bits per heavy atom. The first kappa shape index (κ1) is 16.2. The van der Waals surface area contributed by atoms with Crippen molar-refractivity contribution in [3.05, 3.63) is 48.5 Å². The van der Waals surface area contributed by atoms with Crippen molar-refractivity contribution in [2.75, 3.05) is 18.0 Å². The molecule has 1 saturated heterocycles. The first-order valence-electron chi connectivity index (χ1n) is 8.22. The van der Waals surface area contributed by atoms with Gasteiger partial charge in [0.05, 0.1) is 11.7 Å². The van der Waals surface area contributed by atoms with Gasteiger partial charge in [0, 0.05) is 37.7 Å². The molecule has 7 heteroatoms. The van der Waals surface area contributed by atoms with E-state index in [2.05, 4.69) is 30.5 Å². The molecule has 0 bridgehead atoms. The van der Waals surface area contributed by atoms with E-state index in [1.807, 2.05) is 25.1 Å². The first-order valence-corrected chi connectivity index (χ1v) is 8.22. The highest BCUT2D eigenvalue weighted by Gasteiger charge is 2.23. The van der Waals surface area contributed by atoms with Crippen molar-refractivity contribution < 1.29 is 4.79 Å². The Hall–Kier alpha value is -2.70. The predicted octanol–water partition coefficient (Wildman–Crippen LogP) is 1.90. The van der Waals surface area contributed by atoms with Gasteiger partial charge in [0.1, 0.15) is 0 Å². The van der Waals surface area contributed by atoms with Gasteiger partial charge in [-0.15, -0.1) is 0 Å². The molecule has 0 saturated carbocycles. The summed E-state index contributed by atoms with van der Waals surface area (Å²) in [6.07, 6.45) is 7.15. The minimum Gasteiger partial charge on any atom is -0.339 e. The summed E-state index contributed by atoms with van der Waals surface area (Å²) in [5.41, 5.74) is 0.843. The molecule has 24 heavy (non-hydrogen) atoms. The average molecular weight is 326 g/mol. The molecule has 2 N–H and O–H groups in total. The van der Waals surface area contributed by atoms with Crippen molar-refractivity contribution in [3.63, 3.8) is 0 Å². The van der Waals surface area contributed by atoms with E-state index in [1.54, 1.807) is 24.7 Å². The fraction of sp³-hybridized carbons (Fsp3) is 0.412. The maximum absolute atomic E-state index is 12.2. The van der Waals surface area contributed by atoms with Gasteiger partial charge in [-0.2, -0.15) is 0 Å². The van der Waals surface area contributed by atoms with Crippen molar-refractivity contribution in [1.82, 2.24) is 25.6 Å². The molecule has 3 rings (SSSR count). The Morgan fingerprint density at radius 1 is 1.21 bits per heavy atom. The summed E-state index contributed by atoms with van der Waals surface area (Å²) >= 11 is 0. The number of nitrogens with zero attached hydrogens (tertiary/aromatic N) is 4. The highest BCUT2D eigenvalue weighted by atomic mass is 16.2. The molecular formula is C17H22N6O. The molecular weight excluding hydrogens is 304 g/mol. The SMILES string of the molecule is C[C@H](NC(=O)N[C@@H]1CCCN(c2ncccn2)C1)c1ccccn1. The number of hydrogen-bond donors (Lipinski definition) is 2. The number of piperidine rings is 1. The lowest BCUT2D eigenvalue weighted by Gasteiger charge is -2.33. The van der Waals surface area contributed by atoms with Gasteiger partial charge in [-0.1, -0.05) is 6.07 Å². The Balaban J connectivity index is 1.53.